The van der Waals surface area contributed by atoms with Crippen LogP contribution in [-0.2, 0) is 4.79 Å². The summed E-state index contributed by atoms with van der Waals surface area (Å²) in [5.74, 6) is 1.36. The Bertz CT molecular complexity index is 1060. The van der Waals surface area contributed by atoms with Crippen molar-refractivity contribution in [1.29, 1.82) is 0 Å². The Hall–Kier alpha value is -3.51. The number of carbonyl (C=O) groups excluding carboxylic acids is 1. The second kappa shape index (κ2) is 8.02. The van der Waals surface area contributed by atoms with Gasteiger partial charge in [-0.15, -0.1) is 0 Å². The predicted molar refractivity (Wildman–Crippen MR) is 112 cm³/mol. The van der Waals surface area contributed by atoms with E-state index in [2.05, 4.69) is 10.3 Å². The van der Waals surface area contributed by atoms with Crippen molar-refractivity contribution in [2.45, 2.75) is 0 Å². The van der Waals surface area contributed by atoms with E-state index < -0.39 is 0 Å². The van der Waals surface area contributed by atoms with Crippen LogP contribution < -0.4 is 10.1 Å². The molecule has 6 heteroatoms. The van der Waals surface area contributed by atoms with Crippen LogP contribution in [0.2, 0.25) is 0 Å². The lowest BCUT2D eigenvalue weighted by atomic mass is 10.2. The molecule has 0 saturated carbocycles. The lowest BCUT2D eigenvalue weighted by molar-refractivity contribution is -0.115. The average molecular weight is 388 g/mol. The lowest BCUT2D eigenvalue weighted by Gasteiger charge is -2.05. The highest BCUT2D eigenvalue weighted by atomic mass is 32.2. The van der Waals surface area contributed by atoms with Gasteiger partial charge in [-0.25, -0.2) is 4.99 Å². The molecule has 1 aliphatic heterocycles. The monoisotopic (exact) mass is 388 g/mol. The van der Waals surface area contributed by atoms with Crippen LogP contribution in [0.4, 0.5) is 5.69 Å². The number of nitrogens with one attached hydrogen (secondary N) is 1. The number of hydrogen-bond acceptors (Lipinski definition) is 5. The number of thioether (sulfide) groups is 1. The van der Waals surface area contributed by atoms with E-state index in [0.29, 0.717) is 27.1 Å². The van der Waals surface area contributed by atoms with Crippen molar-refractivity contribution < 1.29 is 14.6 Å². The predicted octanol–water partition coefficient (Wildman–Crippen LogP) is 5.08. The van der Waals surface area contributed by atoms with Crippen molar-refractivity contribution in [2.75, 3.05) is 0 Å². The molecule has 1 fully saturated rings. The third kappa shape index (κ3) is 4.24. The molecular weight excluding hydrogens is 372 g/mol. The fraction of sp³-hybridized carbons (Fsp3) is 0. The maximum atomic E-state index is 12.2. The molecule has 5 nitrogen and oxygen atoms in total. The standard InChI is InChI=1S/C22H16N2O3S/c25-19-9-5-4-6-15(19)14-20-21(26)24-22(28-20)23-16-10-12-18(13-11-16)27-17-7-2-1-3-8-17/h1-14,25H,(H,23,24,26)/b20-14-. The number of carbonyl (C=O) groups is 1. The maximum Gasteiger partial charge on any atom is 0.264 e. The van der Waals surface area contributed by atoms with Crippen molar-refractivity contribution >= 4 is 34.6 Å². The average Bonchev–Trinajstić information content (AvgIpc) is 3.05. The number of aromatic hydroxyl groups is 1. The molecule has 1 saturated heterocycles. The minimum Gasteiger partial charge on any atom is -0.507 e. The summed E-state index contributed by atoms with van der Waals surface area (Å²) in [6, 6.07) is 23.7. The summed E-state index contributed by atoms with van der Waals surface area (Å²) in [4.78, 5) is 17.1. The highest BCUT2D eigenvalue weighted by molar-refractivity contribution is 8.18. The molecule has 4 rings (SSSR count). The molecule has 0 aromatic heterocycles. The first-order valence-electron chi connectivity index (χ1n) is 8.58. The van der Waals surface area contributed by atoms with E-state index >= 15 is 0 Å². The Morgan fingerprint density at radius 2 is 1.57 bits per heavy atom. The van der Waals surface area contributed by atoms with E-state index in [0.717, 1.165) is 5.75 Å². The van der Waals surface area contributed by atoms with Crippen LogP contribution in [0.5, 0.6) is 17.2 Å². The Labute approximate surface area is 166 Å². The van der Waals surface area contributed by atoms with E-state index in [9.17, 15) is 9.90 Å². The molecule has 3 aromatic carbocycles. The van der Waals surface area contributed by atoms with E-state index in [-0.39, 0.29) is 11.7 Å². The van der Waals surface area contributed by atoms with Gasteiger partial charge in [-0.1, -0.05) is 36.4 Å². The van der Waals surface area contributed by atoms with Crippen molar-refractivity contribution in [3.8, 4) is 17.2 Å². The summed E-state index contributed by atoms with van der Waals surface area (Å²) in [5, 5.41) is 13.1. The second-order valence-electron chi connectivity index (χ2n) is 5.95. The molecule has 2 N–H and O–H groups in total. The van der Waals surface area contributed by atoms with Crippen molar-refractivity contribution in [2.24, 2.45) is 4.99 Å². The highest BCUT2D eigenvalue weighted by Gasteiger charge is 2.24. The van der Waals surface area contributed by atoms with Crippen molar-refractivity contribution in [3.05, 3.63) is 89.3 Å². The van der Waals surface area contributed by atoms with Crippen molar-refractivity contribution in [3.63, 3.8) is 0 Å². The van der Waals surface area contributed by atoms with Crippen LogP contribution in [0.15, 0.2) is 88.8 Å². The van der Waals surface area contributed by atoms with Crippen LogP contribution in [0.1, 0.15) is 5.56 Å². The van der Waals surface area contributed by atoms with E-state index in [1.807, 2.05) is 54.6 Å². The molecule has 1 aliphatic rings. The number of nitrogens with zero attached hydrogens (tertiary/aromatic N) is 1. The maximum absolute atomic E-state index is 12.2. The van der Waals surface area contributed by atoms with Crippen LogP contribution in [-0.4, -0.2) is 16.2 Å². The van der Waals surface area contributed by atoms with Gasteiger partial charge in [0.1, 0.15) is 17.2 Å². The molecule has 138 valence electrons. The number of hydrogen-bond donors (Lipinski definition) is 2. The van der Waals surface area contributed by atoms with Crippen LogP contribution in [0.3, 0.4) is 0 Å². The van der Waals surface area contributed by atoms with Gasteiger partial charge >= 0.3 is 0 Å². The topological polar surface area (TPSA) is 70.9 Å². The Kier molecular flexibility index (Phi) is 5.12. The smallest absolute Gasteiger partial charge is 0.264 e. The molecule has 0 bridgehead atoms. The Morgan fingerprint density at radius 1 is 0.893 bits per heavy atom. The van der Waals surface area contributed by atoms with E-state index in [1.165, 1.54) is 11.8 Å². The number of phenolic OH excluding ortho intramolecular Hbond substituents is 1. The van der Waals surface area contributed by atoms with Gasteiger partial charge in [0.2, 0.25) is 0 Å². The number of benzene rings is 3. The minimum absolute atomic E-state index is 0.128. The Balaban J connectivity index is 1.47. The highest BCUT2D eigenvalue weighted by Crippen LogP contribution is 2.31. The van der Waals surface area contributed by atoms with Gasteiger partial charge in [0.15, 0.2) is 5.17 Å². The molecule has 1 amide bonds. The molecule has 28 heavy (non-hydrogen) atoms. The first kappa shape index (κ1) is 17.9. The van der Waals surface area contributed by atoms with Crippen LogP contribution in [0, 0.1) is 0 Å². The fourth-order valence-electron chi connectivity index (χ4n) is 2.56. The molecule has 0 atom stereocenters. The Morgan fingerprint density at radius 3 is 2.32 bits per heavy atom. The third-order valence-electron chi connectivity index (χ3n) is 3.92. The third-order valence-corrected chi connectivity index (χ3v) is 4.83. The number of amidine groups is 1. The first-order valence-corrected chi connectivity index (χ1v) is 9.39. The molecular formula is C22H16N2O3S. The number of rotatable bonds is 4. The quantitative estimate of drug-likeness (QED) is 0.612. The van der Waals surface area contributed by atoms with E-state index in [4.69, 9.17) is 4.74 Å². The summed E-state index contributed by atoms with van der Waals surface area (Å²) >= 11 is 1.23. The fourth-order valence-corrected chi connectivity index (χ4v) is 3.39. The molecule has 1 heterocycles. The van der Waals surface area contributed by atoms with Crippen LogP contribution >= 0.6 is 11.8 Å². The largest absolute Gasteiger partial charge is 0.507 e. The van der Waals surface area contributed by atoms with Gasteiger partial charge < -0.3 is 15.2 Å². The normalized spacial score (nSPS) is 16.4. The van der Waals surface area contributed by atoms with Gasteiger partial charge in [-0.3, -0.25) is 4.79 Å². The van der Waals surface area contributed by atoms with Crippen molar-refractivity contribution in [1.82, 2.24) is 5.32 Å². The van der Waals surface area contributed by atoms with Crippen LogP contribution in [0.25, 0.3) is 6.08 Å². The summed E-state index contributed by atoms with van der Waals surface area (Å²) in [5.41, 5.74) is 1.29. The number of para-hydroxylation sites is 2. The molecule has 0 radical (unpaired) electrons. The summed E-state index contributed by atoms with van der Waals surface area (Å²) in [6.45, 7) is 0. The molecule has 3 aromatic rings. The SMILES string of the molecule is O=C1NC(=Nc2ccc(Oc3ccccc3)cc2)S/C1=C\c1ccccc1O. The number of phenols is 1. The zero-order chi connectivity index (χ0) is 19.3. The minimum atomic E-state index is -0.240. The van der Waals surface area contributed by atoms with Gasteiger partial charge in [0, 0.05) is 5.56 Å². The zero-order valence-corrected chi connectivity index (χ0v) is 15.5. The molecule has 0 unspecified atom stereocenters. The first-order chi connectivity index (χ1) is 13.7. The summed E-state index contributed by atoms with van der Waals surface area (Å²) in [7, 11) is 0. The number of ether oxygens (including phenoxy) is 1. The zero-order valence-electron chi connectivity index (χ0n) is 14.7. The summed E-state index contributed by atoms with van der Waals surface area (Å²) in [6.07, 6.45) is 1.65. The second-order valence-corrected chi connectivity index (χ2v) is 6.98. The van der Waals surface area contributed by atoms with E-state index in [1.54, 1.807) is 30.3 Å². The molecule has 0 spiro atoms. The number of aliphatic imine (C=N–C) groups is 1. The van der Waals surface area contributed by atoms with Gasteiger partial charge in [-0.05, 0) is 60.3 Å². The summed E-state index contributed by atoms with van der Waals surface area (Å²) < 4.78 is 5.76. The lowest BCUT2D eigenvalue weighted by Crippen LogP contribution is -2.19. The van der Waals surface area contributed by atoms with Gasteiger partial charge in [0.05, 0.1) is 10.6 Å². The van der Waals surface area contributed by atoms with Gasteiger partial charge in [0.25, 0.3) is 5.91 Å². The molecule has 0 aliphatic carbocycles. The van der Waals surface area contributed by atoms with Gasteiger partial charge in [-0.2, -0.15) is 0 Å². The number of amides is 1.